The summed E-state index contributed by atoms with van der Waals surface area (Å²) in [6.45, 7) is 1.91. The molecule has 1 N–H and O–H groups in total. The van der Waals surface area contributed by atoms with Crippen molar-refractivity contribution in [3.8, 4) is 17.2 Å². The minimum Gasteiger partial charge on any atom is -0.493 e. The van der Waals surface area contributed by atoms with E-state index in [0.717, 1.165) is 16.7 Å². The van der Waals surface area contributed by atoms with E-state index in [9.17, 15) is 8.42 Å². The maximum Gasteiger partial charge on any atom is 0.261 e. The fraction of sp³-hybridized carbons (Fsp3) is 0.167. The Hall–Kier alpha value is -3.45. The van der Waals surface area contributed by atoms with Crippen molar-refractivity contribution in [3.63, 3.8) is 0 Å². The van der Waals surface area contributed by atoms with E-state index in [-0.39, 0.29) is 4.90 Å². The maximum atomic E-state index is 12.5. The molecule has 0 aliphatic carbocycles. The second-order valence-corrected chi connectivity index (χ2v) is 8.51. The highest BCUT2D eigenvalue weighted by atomic mass is 32.2. The standard InChI is InChI=1S/C24H25NO5S/c1-17-5-13-21(14-6-17)31(26,27)25-20-11-9-18(10-12-20)7-8-19-15-22(28-2)24(30-4)23(16-19)29-3/h5-16,25H,1-4H3/b8-7-. The van der Waals surface area contributed by atoms with Crippen molar-refractivity contribution in [1.82, 2.24) is 0 Å². The lowest BCUT2D eigenvalue weighted by Crippen LogP contribution is -2.12. The second-order valence-electron chi connectivity index (χ2n) is 6.83. The number of methoxy groups -OCH3 is 3. The van der Waals surface area contributed by atoms with Crippen LogP contribution < -0.4 is 18.9 Å². The van der Waals surface area contributed by atoms with Gasteiger partial charge in [0.1, 0.15) is 0 Å². The van der Waals surface area contributed by atoms with Crippen LogP contribution in [0.5, 0.6) is 17.2 Å². The van der Waals surface area contributed by atoms with Crippen LogP contribution in [0.25, 0.3) is 12.2 Å². The molecule has 0 amide bonds. The molecule has 3 rings (SSSR count). The quantitative estimate of drug-likeness (QED) is 0.501. The third kappa shape index (κ3) is 5.38. The summed E-state index contributed by atoms with van der Waals surface area (Å²) < 4.78 is 43.7. The van der Waals surface area contributed by atoms with Gasteiger partial charge in [0.05, 0.1) is 26.2 Å². The molecule has 0 bridgehead atoms. The molecule has 0 aliphatic heterocycles. The first kappa shape index (κ1) is 22.2. The van der Waals surface area contributed by atoms with E-state index in [2.05, 4.69) is 4.72 Å². The Morgan fingerprint density at radius 1 is 0.742 bits per heavy atom. The maximum absolute atomic E-state index is 12.5. The highest BCUT2D eigenvalue weighted by molar-refractivity contribution is 7.92. The van der Waals surface area contributed by atoms with E-state index < -0.39 is 10.0 Å². The molecule has 162 valence electrons. The van der Waals surface area contributed by atoms with Gasteiger partial charge in [-0.15, -0.1) is 0 Å². The Labute approximate surface area is 183 Å². The van der Waals surface area contributed by atoms with Crippen molar-refractivity contribution in [3.05, 3.63) is 77.4 Å². The van der Waals surface area contributed by atoms with Gasteiger partial charge in [-0.25, -0.2) is 8.42 Å². The predicted molar refractivity (Wildman–Crippen MR) is 123 cm³/mol. The molecule has 0 spiro atoms. The second kappa shape index (κ2) is 9.57. The number of hydrogen-bond donors (Lipinski definition) is 1. The molecule has 0 aromatic heterocycles. The zero-order valence-electron chi connectivity index (χ0n) is 17.9. The third-order valence-electron chi connectivity index (χ3n) is 4.65. The van der Waals surface area contributed by atoms with Crippen LogP contribution in [0.1, 0.15) is 16.7 Å². The van der Waals surface area contributed by atoms with E-state index in [4.69, 9.17) is 14.2 Å². The summed E-state index contributed by atoms with van der Waals surface area (Å²) in [5, 5.41) is 0. The zero-order valence-corrected chi connectivity index (χ0v) is 18.7. The van der Waals surface area contributed by atoms with Crippen molar-refractivity contribution in [2.24, 2.45) is 0 Å². The monoisotopic (exact) mass is 439 g/mol. The number of nitrogens with one attached hydrogen (secondary N) is 1. The van der Waals surface area contributed by atoms with Gasteiger partial charge in [-0.2, -0.15) is 0 Å². The molecule has 0 radical (unpaired) electrons. The molecule has 7 heteroatoms. The van der Waals surface area contributed by atoms with Crippen molar-refractivity contribution in [2.45, 2.75) is 11.8 Å². The van der Waals surface area contributed by atoms with Gasteiger partial charge >= 0.3 is 0 Å². The highest BCUT2D eigenvalue weighted by Crippen LogP contribution is 2.38. The van der Waals surface area contributed by atoms with Gasteiger partial charge in [-0.1, -0.05) is 42.0 Å². The Morgan fingerprint density at radius 3 is 1.81 bits per heavy atom. The van der Waals surface area contributed by atoms with Gasteiger partial charge in [0.25, 0.3) is 10.0 Å². The van der Waals surface area contributed by atoms with Crippen molar-refractivity contribution < 1.29 is 22.6 Å². The zero-order chi connectivity index (χ0) is 22.4. The molecule has 0 saturated carbocycles. The Kier molecular flexibility index (Phi) is 6.87. The fourth-order valence-corrected chi connectivity index (χ4v) is 4.04. The molecular formula is C24H25NO5S. The lowest BCUT2D eigenvalue weighted by atomic mass is 10.1. The van der Waals surface area contributed by atoms with Crippen LogP contribution in [0.15, 0.2) is 65.6 Å². The summed E-state index contributed by atoms with van der Waals surface area (Å²) >= 11 is 0. The summed E-state index contributed by atoms with van der Waals surface area (Å²) in [6, 6.07) is 17.5. The summed E-state index contributed by atoms with van der Waals surface area (Å²) in [6.07, 6.45) is 3.83. The number of ether oxygens (including phenoxy) is 3. The van der Waals surface area contributed by atoms with E-state index >= 15 is 0 Å². The Morgan fingerprint density at radius 2 is 1.29 bits per heavy atom. The number of anilines is 1. The average molecular weight is 440 g/mol. The summed E-state index contributed by atoms with van der Waals surface area (Å²) in [5.74, 6) is 1.68. The van der Waals surface area contributed by atoms with Crippen LogP contribution in [0, 0.1) is 6.92 Å². The fourth-order valence-electron chi connectivity index (χ4n) is 2.98. The molecule has 31 heavy (non-hydrogen) atoms. The SMILES string of the molecule is COc1cc(/C=C\c2ccc(NS(=O)(=O)c3ccc(C)cc3)cc2)cc(OC)c1OC. The highest BCUT2D eigenvalue weighted by Gasteiger charge is 2.14. The van der Waals surface area contributed by atoms with E-state index in [0.29, 0.717) is 22.9 Å². The third-order valence-corrected chi connectivity index (χ3v) is 6.05. The normalized spacial score (nSPS) is 11.4. The van der Waals surface area contributed by atoms with Crippen molar-refractivity contribution >= 4 is 27.9 Å². The van der Waals surface area contributed by atoms with Crippen LogP contribution in [-0.4, -0.2) is 29.7 Å². The van der Waals surface area contributed by atoms with Crippen molar-refractivity contribution in [1.29, 1.82) is 0 Å². The summed E-state index contributed by atoms with van der Waals surface area (Å²) in [5.41, 5.74) is 3.28. The smallest absolute Gasteiger partial charge is 0.261 e. The molecule has 0 heterocycles. The minimum absolute atomic E-state index is 0.226. The largest absolute Gasteiger partial charge is 0.493 e. The Bertz CT molecular complexity index is 1140. The van der Waals surface area contributed by atoms with Gasteiger partial charge in [0.2, 0.25) is 5.75 Å². The minimum atomic E-state index is -3.63. The van der Waals surface area contributed by atoms with E-state index in [1.807, 2.05) is 43.3 Å². The number of sulfonamides is 1. The van der Waals surface area contributed by atoms with E-state index in [1.165, 1.54) is 0 Å². The van der Waals surface area contributed by atoms with Crippen LogP contribution in [0.4, 0.5) is 5.69 Å². The van der Waals surface area contributed by atoms with Crippen LogP contribution >= 0.6 is 0 Å². The summed E-state index contributed by atoms with van der Waals surface area (Å²) in [7, 11) is 1.07. The van der Waals surface area contributed by atoms with Crippen LogP contribution in [-0.2, 0) is 10.0 Å². The molecule has 0 fully saturated rings. The number of hydrogen-bond acceptors (Lipinski definition) is 5. The van der Waals surface area contributed by atoms with Gasteiger partial charge in [-0.05, 0) is 54.4 Å². The molecule has 0 saturated heterocycles. The molecule has 0 atom stereocenters. The molecule has 3 aromatic rings. The Balaban J connectivity index is 1.76. The number of aryl methyl sites for hydroxylation is 1. The molecule has 6 nitrogen and oxygen atoms in total. The molecule has 0 unspecified atom stereocenters. The first-order valence-corrected chi connectivity index (χ1v) is 11.0. The van der Waals surface area contributed by atoms with Gasteiger partial charge in [0, 0.05) is 5.69 Å². The average Bonchev–Trinajstić information content (AvgIpc) is 2.77. The van der Waals surface area contributed by atoms with Crippen LogP contribution in [0.3, 0.4) is 0 Å². The van der Waals surface area contributed by atoms with Gasteiger partial charge < -0.3 is 14.2 Å². The topological polar surface area (TPSA) is 73.9 Å². The lowest BCUT2D eigenvalue weighted by Gasteiger charge is -2.12. The van der Waals surface area contributed by atoms with Gasteiger partial charge in [-0.3, -0.25) is 4.72 Å². The lowest BCUT2D eigenvalue weighted by molar-refractivity contribution is 0.324. The number of rotatable bonds is 8. The van der Waals surface area contributed by atoms with Gasteiger partial charge in [0.15, 0.2) is 11.5 Å². The molecule has 3 aromatic carbocycles. The first-order valence-electron chi connectivity index (χ1n) is 9.54. The summed E-state index contributed by atoms with van der Waals surface area (Å²) in [4.78, 5) is 0.226. The van der Waals surface area contributed by atoms with Crippen molar-refractivity contribution in [2.75, 3.05) is 26.1 Å². The van der Waals surface area contributed by atoms with Crippen LogP contribution in [0.2, 0.25) is 0 Å². The first-order chi connectivity index (χ1) is 14.9. The number of benzene rings is 3. The molecular weight excluding hydrogens is 414 g/mol. The van der Waals surface area contributed by atoms with E-state index in [1.54, 1.807) is 57.7 Å². The molecule has 0 aliphatic rings. The predicted octanol–water partition coefficient (Wildman–Crippen LogP) is 4.99.